The lowest BCUT2D eigenvalue weighted by Gasteiger charge is -2.00. The summed E-state index contributed by atoms with van der Waals surface area (Å²) in [6.45, 7) is 0. The van der Waals surface area contributed by atoms with E-state index in [2.05, 4.69) is 15.5 Å². The van der Waals surface area contributed by atoms with Crippen molar-refractivity contribution >= 4 is 27.8 Å². The smallest absolute Gasteiger partial charge is 0.269 e. The van der Waals surface area contributed by atoms with Gasteiger partial charge in [-0.05, 0) is 12.1 Å². The van der Waals surface area contributed by atoms with Crippen LogP contribution in [0.5, 0.6) is 0 Å². The summed E-state index contributed by atoms with van der Waals surface area (Å²) in [5, 5.41) is 23.3. The number of nitro benzene ring substituents is 1. The van der Waals surface area contributed by atoms with Crippen LogP contribution in [0.1, 0.15) is 0 Å². The zero-order valence-electron chi connectivity index (χ0n) is 10.8. The summed E-state index contributed by atoms with van der Waals surface area (Å²) in [5.74, 6) is 0. The van der Waals surface area contributed by atoms with Crippen LogP contribution in [-0.4, -0.2) is 15.1 Å². The fraction of sp³-hybridized carbons (Fsp3) is 0. The molecule has 7 heteroatoms. The van der Waals surface area contributed by atoms with E-state index in [-0.39, 0.29) is 5.69 Å². The first-order valence-electron chi connectivity index (χ1n) is 6.13. The molecule has 1 heterocycles. The molecule has 3 aromatic rings. The van der Waals surface area contributed by atoms with Crippen LogP contribution in [0.3, 0.4) is 0 Å². The first-order chi connectivity index (χ1) is 10.2. The Labute approximate surface area is 124 Å². The summed E-state index contributed by atoms with van der Waals surface area (Å²) in [4.78, 5) is 10.2. The predicted octanol–water partition coefficient (Wildman–Crippen LogP) is 3.86. The van der Waals surface area contributed by atoms with Crippen molar-refractivity contribution < 1.29 is 4.92 Å². The molecule has 0 atom stereocenters. The molecule has 0 unspecified atom stereocenters. The highest BCUT2D eigenvalue weighted by molar-refractivity contribution is 7.18. The molecular formula is C14H10N4O2S. The number of nitrogens with one attached hydrogen (secondary N) is 1. The Morgan fingerprint density at radius 3 is 2.38 bits per heavy atom. The largest absolute Gasteiger partial charge is 0.330 e. The van der Waals surface area contributed by atoms with E-state index in [1.807, 2.05) is 30.3 Å². The van der Waals surface area contributed by atoms with Gasteiger partial charge in [-0.3, -0.25) is 10.1 Å². The maximum absolute atomic E-state index is 10.6. The van der Waals surface area contributed by atoms with Crippen LogP contribution >= 0.6 is 11.3 Å². The molecule has 0 aliphatic heterocycles. The molecule has 0 bridgehead atoms. The average molecular weight is 298 g/mol. The van der Waals surface area contributed by atoms with Gasteiger partial charge in [-0.2, -0.15) is 0 Å². The molecule has 3 rings (SSSR count). The first kappa shape index (κ1) is 13.2. The van der Waals surface area contributed by atoms with Crippen molar-refractivity contribution in [3.05, 3.63) is 64.7 Å². The van der Waals surface area contributed by atoms with Crippen molar-refractivity contribution in [2.24, 2.45) is 0 Å². The quantitative estimate of drug-likeness (QED) is 0.584. The van der Waals surface area contributed by atoms with Crippen molar-refractivity contribution in [2.75, 3.05) is 5.32 Å². The van der Waals surface area contributed by atoms with Crippen molar-refractivity contribution in [2.45, 2.75) is 0 Å². The highest BCUT2D eigenvalue weighted by Crippen LogP contribution is 2.28. The zero-order chi connectivity index (χ0) is 14.7. The number of hydrogen-bond acceptors (Lipinski definition) is 6. The third kappa shape index (κ3) is 3.03. The molecule has 104 valence electrons. The van der Waals surface area contributed by atoms with E-state index in [4.69, 9.17) is 0 Å². The molecule has 1 N–H and O–H groups in total. The standard InChI is InChI=1S/C14H10N4O2S/c19-18(20)12-8-6-11(7-9-12)15-14-17-16-13(21-14)10-4-2-1-3-5-10/h1-9H,(H,15,17). The van der Waals surface area contributed by atoms with Crippen LogP contribution in [-0.2, 0) is 0 Å². The lowest BCUT2D eigenvalue weighted by atomic mass is 10.2. The third-order valence-corrected chi connectivity index (χ3v) is 3.66. The molecule has 0 amide bonds. The number of non-ortho nitro benzene ring substituents is 1. The minimum absolute atomic E-state index is 0.0581. The van der Waals surface area contributed by atoms with Gasteiger partial charge in [0.1, 0.15) is 5.01 Å². The molecule has 0 saturated heterocycles. The highest BCUT2D eigenvalue weighted by atomic mass is 32.1. The maximum Gasteiger partial charge on any atom is 0.269 e. The summed E-state index contributed by atoms with van der Waals surface area (Å²) >= 11 is 1.42. The number of nitrogens with zero attached hydrogens (tertiary/aromatic N) is 3. The van der Waals surface area contributed by atoms with Crippen LogP contribution < -0.4 is 5.32 Å². The molecule has 6 nitrogen and oxygen atoms in total. The van der Waals surface area contributed by atoms with Crippen LogP contribution in [0.2, 0.25) is 0 Å². The average Bonchev–Trinajstić information content (AvgIpc) is 2.97. The number of anilines is 2. The fourth-order valence-corrected chi connectivity index (χ4v) is 2.53. The Hall–Kier alpha value is -2.80. The minimum atomic E-state index is -0.428. The van der Waals surface area contributed by atoms with E-state index in [9.17, 15) is 10.1 Å². The molecule has 2 aromatic carbocycles. The molecule has 0 spiro atoms. The number of aromatic nitrogens is 2. The van der Waals surface area contributed by atoms with Crippen LogP contribution in [0.25, 0.3) is 10.6 Å². The maximum atomic E-state index is 10.6. The molecule has 21 heavy (non-hydrogen) atoms. The number of hydrogen-bond donors (Lipinski definition) is 1. The van der Waals surface area contributed by atoms with Crippen LogP contribution in [0.4, 0.5) is 16.5 Å². The second-order valence-corrected chi connectivity index (χ2v) is 5.18. The predicted molar refractivity (Wildman–Crippen MR) is 81.7 cm³/mol. The monoisotopic (exact) mass is 298 g/mol. The van der Waals surface area contributed by atoms with Crippen molar-refractivity contribution in [3.63, 3.8) is 0 Å². The third-order valence-electron chi connectivity index (χ3n) is 2.78. The molecule has 0 saturated carbocycles. The van der Waals surface area contributed by atoms with E-state index in [1.165, 1.54) is 23.5 Å². The van der Waals surface area contributed by atoms with E-state index in [0.717, 1.165) is 16.3 Å². The van der Waals surface area contributed by atoms with Gasteiger partial charge in [0.15, 0.2) is 0 Å². The molecule has 0 aliphatic rings. The summed E-state index contributed by atoms with van der Waals surface area (Å²) < 4.78 is 0. The van der Waals surface area contributed by atoms with Crippen LogP contribution in [0, 0.1) is 10.1 Å². The molecule has 0 radical (unpaired) electrons. The molecular weight excluding hydrogens is 288 g/mol. The lowest BCUT2D eigenvalue weighted by Crippen LogP contribution is -1.91. The van der Waals surface area contributed by atoms with Gasteiger partial charge in [0.25, 0.3) is 5.69 Å². The van der Waals surface area contributed by atoms with E-state index < -0.39 is 4.92 Å². The number of nitro groups is 1. The van der Waals surface area contributed by atoms with E-state index >= 15 is 0 Å². The Bertz CT molecular complexity index is 756. The van der Waals surface area contributed by atoms with E-state index in [1.54, 1.807) is 12.1 Å². The van der Waals surface area contributed by atoms with Crippen molar-refractivity contribution in [1.29, 1.82) is 0 Å². The molecule has 1 aromatic heterocycles. The molecule has 0 fully saturated rings. The lowest BCUT2D eigenvalue weighted by molar-refractivity contribution is -0.384. The fourth-order valence-electron chi connectivity index (χ4n) is 1.76. The Kier molecular flexibility index (Phi) is 3.57. The number of rotatable bonds is 4. The molecule has 0 aliphatic carbocycles. The summed E-state index contributed by atoms with van der Waals surface area (Å²) in [6, 6.07) is 15.9. The highest BCUT2D eigenvalue weighted by Gasteiger charge is 2.08. The topological polar surface area (TPSA) is 81.0 Å². The second kappa shape index (κ2) is 5.68. The summed E-state index contributed by atoms with van der Waals surface area (Å²) in [5.41, 5.74) is 1.80. The van der Waals surface area contributed by atoms with E-state index in [0.29, 0.717) is 5.13 Å². The van der Waals surface area contributed by atoms with Gasteiger partial charge in [0.05, 0.1) is 4.92 Å². The SMILES string of the molecule is O=[N+]([O-])c1ccc(Nc2nnc(-c3ccccc3)s2)cc1. The summed E-state index contributed by atoms with van der Waals surface area (Å²) in [6.07, 6.45) is 0. The first-order valence-corrected chi connectivity index (χ1v) is 6.94. The van der Waals surface area contributed by atoms with Gasteiger partial charge in [-0.1, -0.05) is 41.7 Å². The number of benzene rings is 2. The Morgan fingerprint density at radius 2 is 1.71 bits per heavy atom. The van der Waals surface area contributed by atoms with Crippen molar-refractivity contribution in [3.8, 4) is 10.6 Å². The van der Waals surface area contributed by atoms with Gasteiger partial charge in [-0.25, -0.2) is 0 Å². The summed E-state index contributed by atoms with van der Waals surface area (Å²) in [7, 11) is 0. The van der Waals surface area contributed by atoms with Crippen molar-refractivity contribution in [1.82, 2.24) is 10.2 Å². The van der Waals surface area contributed by atoms with Gasteiger partial charge in [-0.15, -0.1) is 10.2 Å². The second-order valence-electron chi connectivity index (χ2n) is 4.21. The minimum Gasteiger partial charge on any atom is -0.330 e. The van der Waals surface area contributed by atoms with Crippen LogP contribution in [0.15, 0.2) is 54.6 Å². The normalized spacial score (nSPS) is 10.3. The van der Waals surface area contributed by atoms with Gasteiger partial charge >= 0.3 is 0 Å². The van der Waals surface area contributed by atoms with Gasteiger partial charge in [0, 0.05) is 23.4 Å². The van der Waals surface area contributed by atoms with Gasteiger partial charge in [0.2, 0.25) is 5.13 Å². The van der Waals surface area contributed by atoms with Gasteiger partial charge < -0.3 is 5.32 Å². The Morgan fingerprint density at radius 1 is 1.00 bits per heavy atom. The Balaban J connectivity index is 1.77. The zero-order valence-corrected chi connectivity index (χ0v) is 11.6.